The molecule has 0 amide bonds. The molecular weight excluding hydrogens is 156 g/mol. The number of benzene rings is 1. The Morgan fingerprint density at radius 1 is 1.10 bits per heavy atom. The summed E-state index contributed by atoms with van der Waals surface area (Å²) in [4.78, 5) is 0. The van der Waals surface area contributed by atoms with Crippen molar-refractivity contribution < 1.29 is 0 Å². The van der Waals surface area contributed by atoms with Crippen LogP contribution in [0.2, 0.25) is 0 Å². The summed E-state index contributed by atoms with van der Waals surface area (Å²) in [5.74, 6) is 0. The van der Waals surface area contributed by atoms with Gasteiger partial charge in [-0.05, 0) is 13.8 Å². The molecule has 0 fully saturated rings. The smallest absolute Gasteiger partial charge is 0.336 e. The van der Waals surface area contributed by atoms with Crippen molar-refractivity contribution in [2.45, 2.75) is 13.8 Å². The van der Waals surface area contributed by atoms with Gasteiger partial charge in [0.1, 0.15) is 0 Å². The SMILES string of the molecule is Cc1cc(C)c[c]([Mg][Cl])c1. The molecule has 0 nitrogen and oxygen atoms in total. The van der Waals surface area contributed by atoms with Crippen molar-refractivity contribution >= 4 is 32.0 Å². The van der Waals surface area contributed by atoms with E-state index in [1.54, 1.807) is 0 Å². The Morgan fingerprint density at radius 2 is 1.60 bits per heavy atom. The predicted molar refractivity (Wildman–Crippen MR) is 47.2 cm³/mol. The summed E-state index contributed by atoms with van der Waals surface area (Å²) in [7, 11) is 5.81. The highest BCUT2D eigenvalue weighted by Crippen LogP contribution is 1.99. The highest BCUT2D eigenvalue weighted by Gasteiger charge is 1.96. The van der Waals surface area contributed by atoms with E-state index in [9.17, 15) is 0 Å². The molecule has 0 radical (unpaired) electrons. The molecule has 0 aliphatic carbocycles. The van der Waals surface area contributed by atoms with Crippen molar-refractivity contribution in [3.8, 4) is 0 Å². The Bertz CT molecular complexity index is 212. The van der Waals surface area contributed by atoms with E-state index in [-0.39, 0.29) is 0 Å². The lowest BCUT2D eigenvalue weighted by Crippen LogP contribution is -2.08. The molecule has 1 aromatic carbocycles. The minimum absolute atomic E-state index is 0.479. The third kappa shape index (κ3) is 2.15. The second kappa shape index (κ2) is 3.60. The summed E-state index contributed by atoms with van der Waals surface area (Å²) in [6, 6.07) is 6.52. The summed E-state index contributed by atoms with van der Waals surface area (Å²) in [5.41, 5.74) is 2.64. The fourth-order valence-corrected chi connectivity index (χ4v) is 2.41. The Kier molecular flexibility index (Phi) is 3.02. The van der Waals surface area contributed by atoms with Crippen LogP contribution in [0.3, 0.4) is 0 Å². The van der Waals surface area contributed by atoms with Gasteiger partial charge in [0.25, 0.3) is 0 Å². The lowest BCUT2D eigenvalue weighted by Gasteiger charge is -1.99. The molecule has 0 bridgehead atoms. The van der Waals surface area contributed by atoms with E-state index in [1.165, 1.54) is 14.8 Å². The van der Waals surface area contributed by atoms with Gasteiger partial charge in [0, 0.05) is 0 Å². The van der Waals surface area contributed by atoms with Gasteiger partial charge in [0.2, 0.25) is 0 Å². The van der Waals surface area contributed by atoms with E-state index in [1.807, 2.05) is 0 Å². The molecule has 1 rings (SSSR count). The minimum atomic E-state index is -0.479. The van der Waals surface area contributed by atoms with Gasteiger partial charge in [-0.25, -0.2) is 0 Å². The van der Waals surface area contributed by atoms with Crippen LogP contribution in [0.25, 0.3) is 0 Å². The van der Waals surface area contributed by atoms with Gasteiger partial charge in [0.05, 0.1) is 0 Å². The third-order valence-electron chi connectivity index (χ3n) is 1.44. The lowest BCUT2D eigenvalue weighted by molar-refractivity contribution is 1.40. The van der Waals surface area contributed by atoms with Crippen LogP contribution in [0.15, 0.2) is 18.2 Å². The van der Waals surface area contributed by atoms with Gasteiger partial charge in [-0.3, -0.25) is 0 Å². The van der Waals surface area contributed by atoms with Gasteiger partial charge in [-0.1, -0.05) is 29.3 Å². The third-order valence-corrected chi connectivity index (χ3v) is 3.08. The molecule has 0 aliphatic heterocycles. The summed E-state index contributed by atoms with van der Waals surface area (Å²) < 4.78 is 1.35. The normalized spacial score (nSPS) is 9.10. The Balaban J connectivity index is 3.06. The predicted octanol–water partition coefficient (Wildman–Crippen LogP) is 1.79. The molecule has 0 unspecified atom stereocenters. The van der Waals surface area contributed by atoms with Crippen molar-refractivity contribution in [1.29, 1.82) is 0 Å². The summed E-state index contributed by atoms with van der Waals surface area (Å²) >= 11 is -0.479. The zero-order valence-electron chi connectivity index (χ0n) is 6.32. The number of rotatable bonds is 1. The van der Waals surface area contributed by atoms with Crippen molar-refractivity contribution in [2.75, 3.05) is 0 Å². The van der Waals surface area contributed by atoms with Crippen LogP contribution in [0, 0.1) is 13.8 Å². The van der Waals surface area contributed by atoms with Crippen molar-refractivity contribution in [3.05, 3.63) is 29.3 Å². The largest absolute Gasteiger partial charge is 0.538 e. The van der Waals surface area contributed by atoms with Crippen LogP contribution < -0.4 is 3.69 Å². The molecule has 0 saturated carbocycles. The average molecular weight is 165 g/mol. The first-order valence-electron chi connectivity index (χ1n) is 3.35. The van der Waals surface area contributed by atoms with Gasteiger partial charge in [-0.15, -0.1) is 3.69 Å². The summed E-state index contributed by atoms with van der Waals surface area (Å²) in [6.45, 7) is 4.22. The first kappa shape index (κ1) is 8.37. The first-order chi connectivity index (χ1) is 4.72. The van der Waals surface area contributed by atoms with Gasteiger partial charge in [0.15, 0.2) is 0 Å². The van der Waals surface area contributed by atoms with E-state index >= 15 is 0 Å². The number of hydrogen-bond donors (Lipinski definition) is 0. The molecule has 0 atom stereocenters. The molecule has 0 aromatic heterocycles. The molecule has 10 heavy (non-hydrogen) atoms. The Morgan fingerprint density at radius 3 is 2.00 bits per heavy atom. The topological polar surface area (TPSA) is 0 Å². The van der Waals surface area contributed by atoms with Crippen LogP contribution in [-0.4, -0.2) is 19.3 Å². The molecule has 50 valence electrons. The van der Waals surface area contributed by atoms with E-state index in [2.05, 4.69) is 32.0 Å². The van der Waals surface area contributed by atoms with Gasteiger partial charge in [-0.2, -0.15) is 0 Å². The Labute approximate surface area is 75.1 Å². The summed E-state index contributed by atoms with van der Waals surface area (Å²) in [5, 5.41) is 0. The molecule has 0 heterocycles. The second-order valence-corrected chi connectivity index (χ2v) is 4.52. The maximum absolute atomic E-state index is 5.81. The average Bonchev–Trinajstić information content (AvgIpc) is 1.85. The first-order valence-corrected chi connectivity index (χ1v) is 6.20. The zero-order valence-corrected chi connectivity index (χ0v) is 8.49. The van der Waals surface area contributed by atoms with Crippen LogP contribution in [0.5, 0.6) is 0 Å². The van der Waals surface area contributed by atoms with Crippen molar-refractivity contribution in [2.24, 2.45) is 0 Å². The number of halogens is 1. The monoisotopic (exact) mass is 164 g/mol. The van der Waals surface area contributed by atoms with E-state index in [0.29, 0.717) is 0 Å². The highest BCUT2D eigenvalue weighted by atomic mass is 35.5. The van der Waals surface area contributed by atoms with Crippen LogP contribution in [0.1, 0.15) is 11.1 Å². The molecule has 0 aliphatic rings. The maximum Gasteiger partial charge on any atom is 0.538 e. The molecule has 1 aromatic rings. The van der Waals surface area contributed by atoms with E-state index < -0.39 is 19.3 Å². The lowest BCUT2D eigenvalue weighted by atomic mass is 10.2. The van der Waals surface area contributed by atoms with Crippen molar-refractivity contribution in [1.82, 2.24) is 0 Å². The summed E-state index contributed by atoms with van der Waals surface area (Å²) in [6.07, 6.45) is 0. The number of hydrogen-bond acceptors (Lipinski definition) is 0. The van der Waals surface area contributed by atoms with Crippen LogP contribution in [-0.2, 0) is 0 Å². The molecule has 0 saturated heterocycles. The molecule has 0 N–H and O–H groups in total. The second-order valence-electron chi connectivity index (χ2n) is 2.63. The van der Waals surface area contributed by atoms with E-state index in [4.69, 9.17) is 9.07 Å². The van der Waals surface area contributed by atoms with Crippen molar-refractivity contribution in [3.63, 3.8) is 0 Å². The fraction of sp³-hybridized carbons (Fsp3) is 0.250. The molecule has 0 spiro atoms. The van der Waals surface area contributed by atoms with Crippen LogP contribution in [0.4, 0.5) is 0 Å². The minimum Gasteiger partial charge on any atom is -0.336 e. The zero-order chi connectivity index (χ0) is 7.56. The molecular formula is C8H9ClMg. The fourth-order valence-electron chi connectivity index (χ4n) is 1.15. The standard InChI is InChI=1S/C8H9.ClH.Mg/c1-7-4-3-5-8(2)6-7;;/h4-6H,1-2H3;1H;/q;;+1/p-1. The Hall–Kier alpha value is 0.276. The van der Waals surface area contributed by atoms with Crippen LogP contribution >= 0.6 is 9.07 Å². The highest BCUT2D eigenvalue weighted by molar-refractivity contribution is 7.01. The van der Waals surface area contributed by atoms with E-state index in [0.717, 1.165) is 0 Å². The number of aryl methyl sites for hydroxylation is 2. The maximum atomic E-state index is 5.81. The quantitative estimate of drug-likeness (QED) is 0.556. The van der Waals surface area contributed by atoms with Gasteiger partial charge >= 0.3 is 19.3 Å². The molecule has 2 heteroatoms. The van der Waals surface area contributed by atoms with Gasteiger partial charge < -0.3 is 9.07 Å².